The zero-order valence-corrected chi connectivity index (χ0v) is 18.0. The number of nitrogens with zero attached hydrogens (tertiary/aromatic N) is 1. The molecule has 1 amide bonds. The van der Waals surface area contributed by atoms with E-state index in [1.165, 1.54) is 12.1 Å². The molecule has 1 N–H and O–H groups in total. The minimum Gasteiger partial charge on any atom is -0.334 e. The smallest absolute Gasteiger partial charge is 0.261 e. The third-order valence-electron chi connectivity index (χ3n) is 4.80. The molecule has 156 valence electrons. The van der Waals surface area contributed by atoms with Gasteiger partial charge in [-0.05, 0) is 54.8 Å². The molecule has 6 heteroatoms. The number of anilines is 1. The largest absolute Gasteiger partial charge is 0.334 e. The maximum absolute atomic E-state index is 13.0. The van der Waals surface area contributed by atoms with Crippen molar-refractivity contribution in [3.8, 4) is 0 Å². The van der Waals surface area contributed by atoms with Crippen LogP contribution in [0.2, 0.25) is 0 Å². The Morgan fingerprint density at radius 3 is 2.17 bits per heavy atom. The highest BCUT2D eigenvalue weighted by Gasteiger charge is 2.19. The van der Waals surface area contributed by atoms with E-state index >= 15 is 0 Å². The Balaban J connectivity index is 1.77. The molecule has 0 spiro atoms. The van der Waals surface area contributed by atoms with Crippen LogP contribution in [0.15, 0.2) is 83.8 Å². The predicted octanol–water partition coefficient (Wildman–Crippen LogP) is 4.85. The highest BCUT2D eigenvalue weighted by Crippen LogP contribution is 2.20. The molecule has 5 nitrogen and oxygen atoms in total. The summed E-state index contributed by atoms with van der Waals surface area (Å²) in [5.41, 5.74) is 2.90. The van der Waals surface area contributed by atoms with Crippen LogP contribution in [0.3, 0.4) is 0 Å². The van der Waals surface area contributed by atoms with Gasteiger partial charge in [0, 0.05) is 18.7 Å². The zero-order chi connectivity index (χ0) is 21.6. The molecule has 0 aromatic heterocycles. The van der Waals surface area contributed by atoms with Gasteiger partial charge in [-0.25, -0.2) is 8.42 Å². The maximum atomic E-state index is 13.0. The van der Waals surface area contributed by atoms with Crippen LogP contribution in [0.25, 0.3) is 0 Å². The Morgan fingerprint density at radius 1 is 0.900 bits per heavy atom. The lowest BCUT2D eigenvalue weighted by molar-refractivity contribution is 0.0743. The summed E-state index contributed by atoms with van der Waals surface area (Å²) in [6.07, 6.45) is 0.839. The van der Waals surface area contributed by atoms with Gasteiger partial charge < -0.3 is 4.90 Å². The molecule has 3 rings (SSSR count). The van der Waals surface area contributed by atoms with Crippen LogP contribution < -0.4 is 4.72 Å². The van der Waals surface area contributed by atoms with E-state index in [9.17, 15) is 13.2 Å². The van der Waals surface area contributed by atoms with Gasteiger partial charge in [-0.2, -0.15) is 0 Å². The monoisotopic (exact) mass is 422 g/mol. The van der Waals surface area contributed by atoms with Gasteiger partial charge in [0.2, 0.25) is 0 Å². The molecule has 0 bridgehead atoms. The second-order valence-corrected chi connectivity index (χ2v) is 8.84. The van der Waals surface area contributed by atoms with Crippen LogP contribution >= 0.6 is 0 Å². The SMILES string of the molecule is CCCN(Cc1ccccc1)C(=O)c1ccc(S(=O)(=O)Nc2ccccc2C)cc1. The molecule has 0 aliphatic rings. The highest BCUT2D eigenvalue weighted by molar-refractivity contribution is 7.92. The molecule has 0 heterocycles. The molecule has 0 saturated carbocycles. The Bertz CT molecular complexity index is 1090. The van der Waals surface area contributed by atoms with Crippen LogP contribution in [0.1, 0.15) is 34.8 Å². The van der Waals surface area contributed by atoms with E-state index in [-0.39, 0.29) is 10.8 Å². The number of sulfonamides is 1. The second kappa shape index (κ2) is 9.59. The van der Waals surface area contributed by atoms with E-state index in [0.717, 1.165) is 17.5 Å². The number of hydrogen-bond acceptors (Lipinski definition) is 3. The first-order chi connectivity index (χ1) is 14.4. The number of nitrogens with one attached hydrogen (secondary N) is 1. The molecule has 0 radical (unpaired) electrons. The summed E-state index contributed by atoms with van der Waals surface area (Å²) in [7, 11) is -3.73. The molecule has 0 aliphatic carbocycles. The normalized spacial score (nSPS) is 11.1. The van der Waals surface area contributed by atoms with E-state index < -0.39 is 10.0 Å². The summed E-state index contributed by atoms with van der Waals surface area (Å²) < 4.78 is 28.0. The van der Waals surface area contributed by atoms with Crippen molar-refractivity contribution in [3.05, 3.63) is 95.6 Å². The van der Waals surface area contributed by atoms with Crippen molar-refractivity contribution < 1.29 is 13.2 Å². The van der Waals surface area contributed by atoms with Gasteiger partial charge in [-0.3, -0.25) is 9.52 Å². The molecule has 3 aromatic rings. The number of hydrogen-bond donors (Lipinski definition) is 1. The number of para-hydroxylation sites is 1. The molecular formula is C24H26N2O3S. The van der Waals surface area contributed by atoms with E-state index in [1.807, 2.05) is 56.3 Å². The van der Waals surface area contributed by atoms with Gasteiger partial charge in [-0.15, -0.1) is 0 Å². The van der Waals surface area contributed by atoms with Crippen molar-refractivity contribution in [2.75, 3.05) is 11.3 Å². The Labute approximate surface area is 178 Å². The van der Waals surface area contributed by atoms with Crippen LogP contribution in [0.4, 0.5) is 5.69 Å². The lowest BCUT2D eigenvalue weighted by Gasteiger charge is -2.22. The second-order valence-electron chi connectivity index (χ2n) is 7.16. The number of amides is 1. The van der Waals surface area contributed by atoms with Gasteiger partial charge in [-0.1, -0.05) is 55.5 Å². The van der Waals surface area contributed by atoms with Crippen molar-refractivity contribution in [1.82, 2.24) is 4.90 Å². The summed E-state index contributed by atoms with van der Waals surface area (Å²) in [6.45, 7) is 5.01. The molecule has 0 atom stereocenters. The maximum Gasteiger partial charge on any atom is 0.261 e. The fourth-order valence-electron chi connectivity index (χ4n) is 3.18. The third-order valence-corrected chi connectivity index (χ3v) is 6.18. The molecule has 0 saturated heterocycles. The quantitative estimate of drug-likeness (QED) is 0.564. The van der Waals surface area contributed by atoms with Crippen molar-refractivity contribution in [2.45, 2.75) is 31.7 Å². The van der Waals surface area contributed by atoms with Gasteiger partial charge in [0.15, 0.2) is 0 Å². The summed E-state index contributed by atoms with van der Waals surface area (Å²) in [4.78, 5) is 14.9. The topological polar surface area (TPSA) is 66.5 Å². The van der Waals surface area contributed by atoms with Crippen molar-refractivity contribution in [2.24, 2.45) is 0 Å². The van der Waals surface area contributed by atoms with E-state index in [0.29, 0.717) is 24.3 Å². The fraction of sp³-hybridized carbons (Fsp3) is 0.208. The van der Waals surface area contributed by atoms with Gasteiger partial charge in [0.1, 0.15) is 0 Å². The first-order valence-electron chi connectivity index (χ1n) is 9.92. The van der Waals surface area contributed by atoms with Crippen LogP contribution in [0, 0.1) is 6.92 Å². The molecule has 30 heavy (non-hydrogen) atoms. The number of benzene rings is 3. The zero-order valence-electron chi connectivity index (χ0n) is 17.2. The fourth-order valence-corrected chi connectivity index (χ4v) is 4.31. The van der Waals surface area contributed by atoms with E-state index in [2.05, 4.69) is 4.72 Å². The standard InChI is InChI=1S/C24H26N2O3S/c1-3-17-26(18-20-10-5-4-6-11-20)24(27)21-13-15-22(16-14-21)30(28,29)25-23-12-8-7-9-19(23)2/h4-16,25H,3,17-18H2,1-2H3. The molecule has 3 aromatic carbocycles. The highest BCUT2D eigenvalue weighted by atomic mass is 32.2. The Kier molecular flexibility index (Phi) is 6.90. The lowest BCUT2D eigenvalue weighted by atomic mass is 10.1. The Morgan fingerprint density at radius 2 is 1.53 bits per heavy atom. The summed E-state index contributed by atoms with van der Waals surface area (Å²) in [5.74, 6) is -0.114. The van der Waals surface area contributed by atoms with E-state index in [4.69, 9.17) is 0 Å². The summed E-state index contributed by atoms with van der Waals surface area (Å²) in [5, 5.41) is 0. The summed E-state index contributed by atoms with van der Waals surface area (Å²) in [6, 6.07) is 23.1. The van der Waals surface area contributed by atoms with Crippen molar-refractivity contribution in [1.29, 1.82) is 0 Å². The molecule has 0 aliphatic heterocycles. The lowest BCUT2D eigenvalue weighted by Crippen LogP contribution is -2.31. The van der Waals surface area contributed by atoms with Crippen LogP contribution in [-0.2, 0) is 16.6 Å². The van der Waals surface area contributed by atoms with Gasteiger partial charge in [0.25, 0.3) is 15.9 Å². The number of rotatable bonds is 8. The minimum absolute atomic E-state index is 0.114. The third kappa shape index (κ3) is 5.27. The van der Waals surface area contributed by atoms with Crippen LogP contribution in [0.5, 0.6) is 0 Å². The number of aryl methyl sites for hydroxylation is 1. The average molecular weight is 423 g/mol. The van der Waals surface area contributed by atoms with Crippen molar-refractivity contribution in [3.63, 3.8) is 0 Å². The molecule has 0 fully saturated rings. The first-order valence-corrected chi connectivity index (χ1v) is 11.4. The van der Waals surface area contributed by atoms with Gasteiger partial charge in [0.05, 0.1) is 10.6 Å². The number of carbonyl (C=O) groups excluding carboxylic acids is 1. The molecule has 0 unspecified atom stereocenters. The van der Waals surface area contributed by atoms with Gasteiger partial charge >= 0.3 is 0 Å². The van der Waals surface area contributed by atoms with Crippen molar-refractivity contribution >= 4 is 21.6 Å². The Hall–Kier alpha value is -3.12. The summed E-state index contributed by atoms with van der Waals surface area (Å²) >= 11 is 0. The predicted molar refractivity (Wildman–Crippen MR) is 120 cm³/mol. The van der Waals surface area contributed by atoms with E-state index in [1.54, 1.807) is 29.2 Å². The molecular weight excluding hydrogens is 396 g/mol. The first kappa shape index (κ1) is 21.6. The average Bonchev–Trinajstić information content (AvgIpc) is 2.75. The van der Waals surface area contributed by atoms with Crippen LogP contribution in [-0.4, -0.2) is 25.8 Å². The number of carbonyl (C=O) groups is 1. The minimum atomic E-state index is -3.73.